The van der Waals surface area contributed by atoms with E-state index in [1.54, 1.807) is 11.3 Å². The van der Waals surface area contributed by atoms with E-state index >= 15 is 0 Å². The molecule has 1 aromatic carbocycles. The first kappa shape index (κ1) is 13.3. The summed E-state index contributed by atoms with van der Waals surface area (Å²) < 4.78 is 2.81. The maximum Gasteiger partial charge on any atom is 0.230 e. The van der Waals surface area contributed by atoms with Gasteiger partial charge in [0, 0.05) is 22.2 Å². The molecule has 0 radical (unpaired) electrons. The van der Waals surface area contributed by atoms with Gasteiger partial charge in [0.25, 0.3) is 0 Å². The minimum absolute atomic E-state index is 0.0692. The molecule has 0 bridgehead atoms. The van der Waals surface area contributed by atoms with Crippen molar-refractivity contribution in [3.05, 3.63) is 51.7 Å². The zero-order valence-electron chi connectivity index (χ0n) is 10.8. The van der Waals surface area contributed by atoms with Crippen LogP contribution in [0.1, 0.15) is 11.3 Å². The van der Waals surface area contributed by atoms with Gasteiger partial charge in [-0.1, -0.05) is 6.07 Å². The van der Waals surface area contributed by atoms with E-state index in [0.717, 1.165) is 26.4 Å². The van der Waals surface area contributed by atoms with Gasteiger partial charge in [-0.2, -0.15) is 0 Å². The van der Waals surface area contributed by atoms with Crippen LogP contribution in [0.5, 0.6) is 0 Å². The number of benzene rings is 1. The predicted molar refractivity (Wildman–Crippen MR) is 84.3 cm³/mol. The second-order valence-corrected chi connectivity index (χ2v) is 6.26. The van der Waals surface area contributed by atoms with Gasteiger partial charge in [-0.05, 0) is 40.5 Å². The van der Waals surface area contributed by atoms with E-state index in [0.29, 0.717) is 0 Å². The first-order valence-corrected chi connectivity index (χ1v) is 7.76. The Balaban J connectivity index is 1.71. The van der Waals surface area contributed by atoms with E-state index in [1.807, 2.05) is 47.3 Å². The number of rotatable bonds is 3. The highest BCUT2D eigenvalue weighted by molar-refractivity contribution is 9.10. The number of aryl methyl sites for hydroxylation is 1. The third kappa shape index (κ3) is 2.76. The van der Waals surface area contributed by atoms with E-state index < -0.39 is 0 Å². The summed E-state index contributed by atoms with van der Waals surface area (Å²) in [4.78, 5) is 17.3. The molecule has 1 amide bonds. The summed E-state index contributed by atoms with van der Waals surface area (Å²) in [5, 5.41) is 4.86. The summed E-state index contributed by atoms with van der Waals surface area (Å²) in [6.07, 6.45) is 4.09. The normalized spacial score (nSPS) is 10.9. The lowest BCUT2D eigenvalue weighted by molar-refractivity contribution is -0.115. The summed E-state index contributed by atoms with van der Waals surface area (Å²) in [7, 11) is 0. The number of carbonyl (C=O) groups excluding carboxylic acids is 1. The Bertz CT molecular complexity index is 749. The third-order valence-corrected chi connectivity index (χ3v) is 4.31. The van der Waals surface area contributed by atoms with Crippen LogP contribution in [-0.4, -0.2) is 15.3 Å². The van der Waals surface area contributed by atoms with Crippen LogP contribution in [0.2, 0.25) is 0 Å². The molecular formula is C14H12BrN3OS. The summed E-state index contributed by atoms with van der Waals surface area (Å²) >= 11 is 5.01. The lowest BCUT2D eigenvalue weighted by Crippen LogP contribution is -2.15. The molecule has 20 heavy (non-hydrogen) atoms. The number of fused-ring (bicyclic) bond motifs is 1. The molecule has 0 aliphatic rings. The lowest BCUT2D eigenvalue weighted by Gasteiger charge is -2.07. The van der Waals surface area contributed by atoms with Gasteiger partial charge >= 0.3 is 0 Å². The number of hydrogen-bond donors (Lipinski definition) is 1. The highest BCUT2D eigenvalue weighted by atomic mass is 79.9. The number of amides is 1. The van der Waals surface area contributed by atoms with Crippen molar-refractivity contribution in [1.82, 2.24) is 9.38 Å². The van der Waals surface area contributed by atoms with Gasteiger partial charge in [-0.3, -0.25) is 9.20 Å². The van der Waals surface area contributed by atoms with Crippen LogP contribution in [0.4, 0.5) is 5.69 Å². The van der Waals surface area contributed by atoms with Gasteiger partial charge in [0.1, 0.15) is 0 Å². The summed E-state index contributed by atoms with van der Waals surface area (Å²) in [5.74, 6) is -0.0692. The number of halogens is 1. The molecule has 0 saturated heterocycles. The SMILES string of the molecule is Cc1ccc(NC(=O)Cc2cn3ccsc3n2)c(Br)c1. The van der Waals surface area contributed by atoms with Gasteiger partial charge in [-0.15, -0.1) is 11.3 Å². The average molecular weight is 350 g/mol. The van der Waals surface area contributed by atoms with Crippen LogP contribution < -0.4 is 5.32 Å². The quantitative estimate of drug-likeness (QED) is 0.784. The van der Waals surface area contributed by atoms with Crippen molar-refractivity contribution in [1.29, 1.82) is 0 Å². The van der Waals surface area contributed by atoms with Crippen molar-refractivity contribution in [2.24, 2.45) is 0 Å². The van der Waals surface area contributed by atoms with E-state index in [2.05, 4.69) is 26.2 Å². The van der Waals surface area contributed by atoms with Crippen LogP contribution in [0, 0.1) is 6.92 Å². The fourth-order valence-electron chi connectivity index (χ4n) is 1.94. The zero-order valence-corrected chi connectivity index (χ0v) is 13.2. The molecule has 2 aromatic heterocycles. The van der Waals surface area contributed by atoms with Crippen LogP contribution in [0.3, 0.4) is 0 Å². The Labute approximate surface area is 128 Å². The molecule has 3 aromatic rings. The fraction of sp³-hybridized carbons (Fsp3) is 0.143. The largest absolute Gasteiger partial charge is 0.325 e. The first-order valence-electron chi connectivity index (χ1n) is 6.09. The minimum atomic E-state index is -0.0692. The molecule has 0 aliphatic carbocycles. The van der Waals surface area contributed by atoms with Gasteiger partial charge in [0.05, 0.1) is 17.8 Å². The fourth-order valence-corrected chi connectivity index (χ4v) is 3.25. The highest BCUT2D eigenvalue weighted by Gasteiger charge is 2.10. The summed E-state index contributed by atoms with van der Waals surface area (Å²) in [6, 6.07) is 5.83. The molecular weight excluding hydrogens is 338 g/mol. The predicted octanol–water partition coefficient (Wildman–Crippen LogP) is 3.65. The first-order chi connectivity index (χ1) is 9.61. The second kappa shape index (κ2) is 5.38. The molecule has 0 saturated carbocycles. The molecule has 1 N–H and O–H groups in total. The number of aromatic nitrogens is 2. The number of hydrogen-bond acceptors (Lipinski definition) is 3. The molecule has 0 spiro atoms. The van der Waals surface area contributed by atoms with E-state index in [-0.39, 0.29) is 12.3 Å². The molecule has 0 atom stereocenters. The molecule has 102 valence electrons. The Morgan fingerprint density at radius 3 is 3.10 bits per heavy atom. The molecule has 0 unspecified atom stereocenters. The zero-order chi connectivity index (χ0) is 14.1. The molecule has 6 heteroatoms. The average Bonchev–Trinajstić information content (AvgIpc) is 2.93. The third-order valence-electron chi connectivity index (χ3n) is 2.88. The number of imidazole rings is 1. The van der Waals surface area contributed by atoms with Crippen molar-refractivity contribution < 1.29 is 4.79 Å². The number of anilines is 1. The Hall–Kier alpha value is -1.66. The van der Waals surface area contributed by atoms with Crippen LogP contribution >= 0.6 is 27.3 Å². The monoisotopic (exact) mass is 349 g/mol. The van der Waals surface area contributed by atoms with Crippen LogP contribution in [0.25, 0.3) is 4.96 Å². The summed E-state index contributed by atoms with van der Waals surface area (Å²) in [6.45, 7) is 2.01. The van der Waals surface area contributed by atoms with Gasteiger partial charge in [0.15, 0.2) is 4.96 Å². The van der Waals surface area contributed by atoms with Crippen molar-refractivity contribution in [3.8, 4) is 0 Å². The smallest absolute Gasteiger partial charge is 0.230 e. The minimum Gasteiger partial charge on any atom is -0.325 e. The van der Waals surface area contributed by atoms with Crippen molar-refractivity contribution in [3.63, 3.8) is 0 Å². The second-order valence-electron chi connectivity index (χ2n) is 4.53. The number of nitrogens with one attached hydrogen (secondary N) is 1. The number of thiazole rings is 1. The maximum atomic E-state index is 12.0. The molecule has 4 nitrogen and oxygen atoms in total. The van der Waals surface area contributed by atoms with Crippen molar-refractivity contribution in [2.45, 2.75) is 13.3 Å². The maximum absolute atomic E-state index is 12.0. The van der Waals surface area contributed by atoms with E-state index in [1.165, 1.54) is 0 Å². The van der Waals surface area contributed by atoms with Gasteiger partial charge < -0.3 is 5.32 Å². The topological polar surface area (TPSA) is 46.4 Å². The van der Waals surface area contributed by atoms with Crippen LogP contribution in [0.15, 0.2) is 40.4 Å². The lowest BCUT2D eigenvalue weighted by atomic mass is 10.2. The number of carbonyl (C=O) groups is 1. The standard InChI is InChI=1S/C14H12BrN3OS/c1-9-2-3-12(11(15)6-9)17-13(19)7-10-8-18-4-5-20-14(18)16-10/h2-6,8H,7H2,1H3,(H,17,19). The van der Waals surface area contributed by atoms with Gasteiger partial charge in [0.2, 0.25) is 5.91 Å². The Morgan fingerprint density at radius 2 is 2.35 bits per heavy atom. The molecule has 2 heterocycles. The van der Waals surface area contributed by atoms with Gasteiger partial charge in [-0.25, -0.2) is 4.98 Å². The van der Waals surface area contributed by atoms with Crippen molar-refractivity contribution in [2.75, 3.05) is 5.32 Å². The molecule has 0 aliphatic heterocycles. The Kier molecular flexibility index (Phi) is 3.58. The molecule has 0 fully saturated rings. The molecule has 3 rings (SSSR count). The highest BCUT2D eigenvalue weighted by Crippen LogP contribution is 2.23. The van der Waals surface area contributed by atoms with E-state index in [9.17, 15) is 4.79 Å². The van der Waals surface area contributed by atoms with Crippen molar-refractivity contribution >= 4 is 43.8 Å². The van der Waals surface area contributed by atoms with Crippen LogP contribution in [-0.2, 0) is 11.2 Å². The number of nitrogens with zero attached hydrogens (tertiary/aromatic N) is 2. The van der Waals surface area contributed by atoms with E-state index in [4.69, 9.17) is 0 Å². The summed E-state index contributed by atoms with van der Waals surface area (Å²) in [5.41, 5.74) is 2.70. The Morgan fingerprint density at radius 1 is 1.50 bits per heavy atom.